The number of ether oxygens (including phenoxy) is 2. The molecular weight excluding hydrogens is 294 g/mol. The minimum Gasteiger partial charge on any atom is -0.493 e. The lowest BCUT2D eigenvalue weighted by Gasteiger charge is -2.10. The molecule has 1 aromatic heterocycles. The van der Waals surface area contributed by atoms with Crippen LogP contribution in [0.4, 0.5) is 5.69 Å². The van der Waals surface area contributed by atoms with Crippen LogP contribution < -0.4 is 15.2 Å². The lowest BCUT2D eigenvalue weighted by Crippen LogP contribution is -2.06. The van der Waals surface area contributed by atoms with Gasteiger partial charge >= 0.3 is 0 Å². The van der Waals surface area contributed by atoms with E-state index in [1.165, 1.54) is 13.4 Å². The van der Waals surface area contributed by atoms with E-state index in [0.717, 1.165) is 0 Å². The smallest absolute Gasteiger partial charge is 0.212 e. The molecular formula is C17H15N3O3. The summed E-state index contributed by atoms with van der Waals surface area (Å²) in [5.41, 5.74) is 7.68. The van der Waals surface area contributed by atoms with E-state index < -0.39 is 0 Å². The molecule has 0 spiro atoms. The first-order valence-corrected chi connectivity index (χ1v) is 6.91. The van der Waals surface area contributed by atoms with Crippen LogP contribution in [0.5, 0.6) is 11.5 Å². The number of benzene rings is 2. The van der Waals surface area contributed by atoms with Gasteiger partial charge in [0, 0.05) is 22.7 Å². The summed E-state index contributed by atoms with van der Waals surface area (Å²) in [6.07, 6.45) is 1.36. The maximum atomic E-state index is 12.7. The Morgan fingerprint density at radius 2 is 1.65 bits per heavy atom. The Bertz CT molecular complexity index is 876. The lowest BCUT2D eigenvalue weighted by atomic mass is 10.0. The van der Waals surface area contributed by atoms with Gasteiger partial charge in [-0.05, 0) is 30.3 Å². The van der Waals surface area contributed by atoms with Gasteiger partial charge in [-0.25, -0.2) is 9.97 Å². The molecule has 6 nitrogen and oxygen atoms in total. The second kappa shape index (κ2) is 5.92. The van der Waals surface area contributed by atoms with Crippen molar-refractivity contribution in [2.45, 2.75) is 0 Å². The molecule has 0 saturated carbocycles. The third-order valence-electron chi connectivity index (χ3n) is 3.53. The third kappa shape index (κ3) is 2.66. The normalized spacial score (nSPS) is 10.5. The maximum absolute atomic E-state index is 12.7. The number of methoxy groups -OCH3 is 2. The van der Waals surface area contributed by atoms with Crippen molar-refractivity contribution in [3.8, 4) is 11.5 Å². The van der Waals surface area contributed by atoms with Crippen molar-refractivity contribution in [3.05, 3.63) is 54.0 Å². The highest BCUT2D eigenvalue weighted by Gasteiger charge is 2.17. The van der Waals surface area contributed by atoms with E-state index in [1.54, 1.807) is 43.5 Å². The number of fused-ring (bicyclic) bond motifs is 1. The molecule has 0 atom stereocenters. The number of rotatable bonds is 4. The Hall–Kier alpha value is -3.15. The Morgan fingerprint density at radius 3 is 2.30 bits per heavy atom. The largest absolute Gasteiger partial charge is 0.493 e. The average molecular weight is 309 g/mol. The zero-order valence-electron chi connectivity index (χ0n) is 12.7. The summed E-state index contributed by atoms with van der Waals surface area (Å²) < 4.78 is 10.6. The molecule has 1 heterocycles. The average Bonchev–Trinajstić information content (AvgIpc) is 2.60. The fourth-order valence-electron chi connectivity index (χ4n) is 2.34. The van der Waals surface area contributed by atoms with Gasteiger partial charge in [-0.1, -0.05) is 0 Å². The van der Waals surface area contributed by atoms with Crippen molar-refractivity contribution in [2.75, 3.05) is 20.0 Å². The predicted octanol–water partition coefficient (Wildman–Crippen LogP) is 2.46. The number of carbonyl (C=O) groups is 1. The summed E-state index contributed by atoms with van der Waals surface area (Å²) in [5, 5.41) is 0.604. The van der Waals surface area contributed by atoms with Crippen LogP contribution in [-0.2, 0) is 0 Å². The van der Waals surface area contributed by atoms with Gasteiger partial charge in [0.15, 0.2) is 11.5 Å². The lowest BCUT2D eigenvalue weighted by molar-refractivity contribution is 0.103. The van der Waals surface area contributed by atoms with Gasteiger partial charge in [-0.3, -0.25) is 4.79 Å². The number of hydrogen-bond donors (Lipinski definition) is 1. The maximum Gasteiger partial charge on any atom is 0.212 e. The summed E-state index contributed by atoms with van der Waals surface area (Å²) in [4.78, 5) is 21.1. The number of nitrogens with two attached hydrogens (primary N) is 1. The van der Waals surface area contributed by atoms with E-state index in [-0.39, 0.29) is 5.78 Å². The highest BCUT2D eigenvalue weighted by atomic mass is 16.5. The van der Waals surface area contributed by atoms with Crippen molar-refractivity contribution in [1.29, 1.82) is 0 Å². The molecule has 3 rings (SSSR count). The topological polar surface area (TPSA) is 87.3 Å². The number of aromatic nitrogens is 2. The van der Waals surface area contributed by atoms with Crippen LogP contribution in [0.15, 0.2) is 42.7 Å². The molecule has 3 aromatic rings. The quantitative estimate of drug-likeness (QED) is 0.588. The molecule has 0 amide bonds. The first kappa shape index (κ1) is 14.8. The van der Waals surface area contributed by atoms with Crippen molar-refractivity contribution in [2.24, 2.45) is 0 Å². The summed E-state index contributed by atoms with van der Waals surface area (Å²) in [6, 6.07) is 10.1. The van der Waals surface area contributed by atoms with Crippen molar-refractivity contribution in [3.63, 3.8) is 0 Å². The highest BCUT2D eigenvalue weighted by molar-refractivity contribution is 6.14. The predicted molar refractivity (Wildman–Crippen MR) is 86.9 cm³/mol. The van der Waals surface area contributed by atoms with Gasteiger partial charge in [0.05, 0.1) is 19.7 Å². The van der Waals surface area contributed by atoms with E-state index in [9.17, 15) is 4.79 Å². The molecule has 0 radical (unpaired) electrons. The zero-order chi connectivity index (χ0) is 16.4. The molecule has 0 bridgehead atoms. The molecule has 2 N–H and O–H groups in total. The van der Waals surface area contributed by atoms with Crippen LogP contribution >= 0.6 is 0 Å². The van der Waals surface area contributed by atoms with E-state index in [0.29, 0.717) is 39.3 Å². The van der Waals surface area contributed by atoms with Crippen LogP contribution in [0.1, 0.15) is 16.1 Å². The second-order valence-corrected chi connectivity index (χ2v) is 4.90. The number of ketones is 1. The van der Waals surface area contributed by atoms with Crippen LogP contribution in [0.2, 0.25) is 0 Å². The van der Waals surface area contributed by atoms with Gasteiger partial charge in [0.2, 0.25) is 5.78 Å². The van der Waals surface area contributed by atoms with Gasteiger partial charge in [0.1, 0.15) is 12.0 Å². The van der Waals surface area contributed by atoms with Gasteiger partial charge in [-0.2, -0.15) is 0 Å². The molecule has 6 heteroatoms. The molecule has 116 valence electrons. The van der Waals surface area contributed by atoms with E-state index >= 15 is 0 Å². The fraction of sp³-hybridized carbons (Fsp3) is 0.118. The monoisotopic (exact) mass is 309 g/mol. The second-order valence-electron chi connectivity index (χ2n) is 4.90. The molecule has 2 aromatic carbocycles. The fourth-order valence-corrected chi connectivity index (χ4v) is 2.34. The molecule has 0 aliphatic carbocycles. The summed E-state index contributed by atoms with van der Waals surface area (Å²) in [6.45, 7) is 0. The molecule has 0 fully saturated rings. The summed E-state index contributed by atoms with van der Waals surface area (Å²) in [7, 11) is 3.08. The van der Waals surface area contributed by atoms with Crippen LogP contribution in [0, 0.1) is 0 Å². The Labute approximate surface area is 132 Å². The van der Waals surface area contributed by atoms with Crippen LogP contribution in [0.3, 0.4) is 0 Å². The summed E-state index contributed by atoms with van der Waals surface area (Å²) >= 11 is 0. The minimum atomic E-state index is -0.204. The van der Waals surface area contributed by atoms with E-state index in [1.807, 2.05) is 0 Å². The number of anilines is 1. The molecule has 0 aliphatic heterocycles. The van der Waals surface area contributed by atoms with Crippen LogP contribution in [-0.4, -0.2) is 30.0 Å². The Kier molecular flexibility index (Phi) is 3.80. The third-order valence-corrected chi connectivity index (χ3v) is 3.53. The zero-order valence-corrected chi connectivity index (χ0v) is 12.7. The van der Waals surface area contributed by atoms with Crippen LogP contribution in [0.25, 0.3) is 10.9 Å². The standard InChI is InChI=1S/C17H15N3O3/c1-22-14-7-12-13(8-15(14)23-2)19-9-20-16(12)17(21)10-3-5-11(18)6-4-10/h3-9H,18H2,1-2H3. The van der Waals surface area contributed by atoms with Gasteiger partial charge in [0.25, 0.3) is 0 Å². The van der Waals surface area contributed by atoms with Gasteiger partial charge < -0.3 is 15.2 Å². The minimum absolute atomic E-state index is 0.204. The number of nitrogen functional groups attached to an aromatic ring is 1. The number of nitrogens with zero attached hydrogens (tertiary/aromatic N) is 2. The number of hydrogen-bond acceptors (Lipinski definition) is 6. The first-order chi connectivity index (χ1) is 11.1. The van der Waals surface area contributed by atoms with Gasteiger partial charge in [-0.15, -0.1) is 0 Å². The molecule has 0 saturated heterocycles. The van der Waals surface area contributed by atoms with E-state index in [2.05, 4.69) is 9.97 Å². The van der Waals surface area contributed by atoms with Crippen molar-refractivity contribution in [1.82, 2.24) is 9.97 Å². The Balaban J connectivity index is 2.17. The molecule has 0 unspecified atom stereocenters. The molecule has 0 aliphatic rings. The molecule has 23 heavy (non-hydrogen) atoms. The first-order valence-electron chi connectivity index (χ1n) is 6.91. The van der Waals surface area contributed by atoms with Crippen molar-refractivity contribution >= 4 is 22.4 Å². The number of carbonyl (C=O) groups excluding carboxylic acids is 1. The van der Waals surface area contributed by atoms with E-state index in [4.69, 9.17) is 15.2 Å². The Morgan fingerprint density at radius 1 is 1.00 bits per heavy atom. The summed E-state index contributed by atoms with van der Waals surface area (Å²) in [5.74, 6) is 0.857. The van der Waals surface area contributed by atoms with Crippen molar-refractivity contribution < 1.29 is 14.3 Å². The highest BCUT2D eigenvalue weighted by Crippen LogP contribution is 2.32. The SMILES string of the molecule is COc1cc2ncnc(C(=O)c3ccc(N)cc3)c2cc1OC.